The number of alkyl halides is 3. The number of furan rings is 1. The number of aliphatic carboxylic acids is 1. The van der Waals surface area contributed by atoms with Gasteiger partial charge in [-0.25, -0.2) is 4.79 Å². The van der Waals surface area contributed by atoms with Crippen LogP contribution < -0.4 is 0 Å². The summed E-state index contributed by atoms with van der Waals surface area (Å²) in [6.45, 7) is 4.82. The lowest BCUT2D eigenvalue weighted by molar-refractivity contribution is -0.192. The molecule has 2 saturated heterocycles. The lowest BCUT2D eigenvalue weighted by Gasteiger charge is -2.33. The maximum atomic E-state index is 10.6. The molecule has 28 heavy (non-hydrogen) atoms. The predicted octanol–water partition coefficient (Wildman–Crippen LogP) is 2.96. The molecule has 11 heteroatoms. The highest BCUT2D eigenvalue weighted by Gasteiger charge is 2.41. The molecular weight excluding hydrogens is 383 g/mol. The van der Waals surface area contributed by atoms with Crippen molar-refractivity contribution in [1.29, 1.82) is 0 Å². The van der Waals surface area contributed by atoms with E-state index in [1.54, 1.807) is 6.26 Å². The van der Waals surface area contributed by atoms with Crippen molar-refractivity contribution in [2.24, 2.45) is 5.92 Å². The van der Waals surface area contributed by atoms with Crippen LogP contribution in [0.25, 0.3) is 0 Å². The Labute approximate surface area is 158 Å². The first-order valence-corrected chi connectivity index (χ1v) is 8.71. The topological polar surface area (TPSA) is 102 Å². The van der Waals surface area contributed by atoms with Crippen LogP contribution in [0.1, 0.15) is 36.2 Å². The summed E-state index contributed by atoms with van der Waals surface area (Å²) in [7, 11) is 0. The van der Waals surface area contributed by atoms with Crippen molar-refractivity contribution in [2.75, 3.05) is 13.1 Å². The van der Waals surface area contributed by atoms with E-state index in [1.165, 1.54) is 5.56 Å². The Kier molecular flexibility index (Phi) is 6.04. The summed E-state index contributed by atoms with van der Waals surface area (Å²) in [5.41, 5.74) is 1.22. The molecule has 0 amide bonds. The molecule has 2 aromatic heterocycles. The number of fused-ring (bicyclic) bond motifs is 1. The molecule has 4 rings (SSSR count). The van der Waals surface area contributed by atoms with Gasteiger partial charge in [-0.05, 0) is 38.3 Å². The number of rotatable bonds is 3. The number of ether oxygens (including phenoxy) is 1. The minimum absolute atomic E-state index is 0.0323. The fourth-order valence-electron chi connectivity index (χ4n) is 3.38. The highest BCUT2D eigenvalue weighted by Crippen LogP contribution is 2.40. The molecule has 0 unspecified atom stereocenters. The van der Waals surface area contributed by atoms with E-state index in [0.717, 1.165) is 32.5 Å². The van der Waals surface area contributed by atoms with Crippen LogP contribution in [0, 0.1) is 12.8 Å². The fraction of sp³-hybridized carbons (Fsp3) is 0.588. The van der Waals surface area contributed by atoms with E-state index in [-0.39, 0.29) is 12.2 Å². The molecule has 0 spiro atoms. The zero-order chi connectivity index (χ0) is 20.3. The molecule has 0 aromatic carbocycles. The molecule has 1 N–H and O–H groups in total. The Hall–Kier alpha value is -2.40. The van der Waals surface area contributed by atoms with Gasteiger partial charge in [-0.15, -0.1) is 0 Å². The molecule has 4 heterocycles. The molecule has 0 saturated carbocycles. The Morgan fingerprint density at radius 3 is 2.75 bits per heavy atom. The van der Waals surface area contributed by atoms with Gasteiger partial charge in [-0.2, -0.15) is 18.2 Å². The zero-order valence-electron chi connectivity index (χ0n) is 15.1. The molecule has 3 atom stereocenters. The van der Waals surface area contributed by atoms with Gasteiger partial charge in [-0.1, -0.05) is 5.16 Å². The van der Waals surface area contributed by atoms with Gasteiger partial charge in [0.1, 0.15) is 6.10 Å². The first-order valence-electron chi connectivity index (χ1n) is 8.71. The van der Waals surface area contributed by atoms with E-state index in [1.807, 2.05) is 19.3 Å². The minimum Gasteiger partial charge on any atom is -0.475 e. The molecule has 2 aliphatic rings. The Morgan fingerprint density at radius 2 is 2.18 bits per heavy atom. The molecule has 2 fully saturated rings. The summed E-state index contributed by atoms with van der Waals surface area (Å²) in [6, 6.07) is 2.02. The van der Waals surface area contributed by atoms with Crippen molar-refractivity contribution in [1.82, 2.24) is 15.0 Å². The Morgan fingerprint density at radius 1 is 1.43 bits per heavy atom. The van der Waals surface area contributed by atoms with Crippen molar-refractivity contribution in [3.8, 4) is 0 Å². The summed E-state index contributed by atoms with van der Waals surface area (Å²) in [5, 5.41) is 11.0. The lowest BCUT2D eigenvalue weighted by Crippen LogP contribution is -2.41. The number of likely N-dealkylation sites (tertiary alicyclic amines) is 1. The number of halogens is 3. The number of piperidine rings is 1. The average molecular weight is 403 g/mol. The summed E-state index contributed by atoms with van der Waals surface area (Å²) in [4.78, 5) is 15.6. The number of aryl methyl sites for hydroxylation is 1. The number of carbonyl (C=O) groups is 1. The highest BCUT2D eigenvalue weighted by molar-refractivity contribution is 5.73. The number of carboxylic acid groups (broad SMARTS) is 1. The van der Waals surface area contributed by atoms with E-state index in [9.17, 15) is 13.2 Å². The molecular formula is C17H20F3N3O5. The van der Waals surface area contributed by atoms with Crippen LogP contribution in [0.15, 0.2) is 27.5 Å². The molecule has 8 nitrogen and oxygen atoms in total. The van der Waals surface area contributed by atoms with Crippen LogP contribution in [-0.4, -0.2) is 51.5 Å². The van der Waals surface area contributed by atoms with Crippen LogP contribution in [0.2, 0.25) is 0 Å². The van der Waals surface area contributed by atoms with Crippen molar-refractivity contribution >= 4 is 5.97 Å². The van der Waals surface area contributed by atoms with E-state index >= 15 is 0 Å². The third-order valence-corrected chi connectivity index (χ3v) is 4.68. The summed E-state index contributed by atoms with van der Waals surface area (Å²) < 4.78 is 48.3. The second kappa shape index (κ2) is 8.31. The maximum absolute atomic E-state index is 10.6. The van der Waals surface area contributed by atoms with Crippen LogP contribution >= 0.6 is 0 Å². The SMILES string of the molecule is Cc1noc([C@H]2C[C@@H]3CCN(Cc4ccoc4)C[C@H]3O2)n1.O=C(O)C(F)(F)F. The van der Waals surface area contributed by atoms with Crippen molar-refractivity contribution in [2.45, 2.75) is 44.7 Å². The normalized spacial score (nSPS) is 25.1. The molecule has 2 aliphatic heterocycles. The van der Waals surface area contributed by atoms with Gasteiger partial charge < -0.3 is 18.8 Å². The van der Waals surface area contributed by atoms with E-state index in [0.29, 0.717) is 17.6 Å². The van der Waals surface area contributed by atoms with Gasteiger partial charge in [0, 0.05) is 18.7 Å². The fourth-order valence-corrected chi connectivity index (χ4v) is 3.38. The van der Waals surface area contributed by atoms with E-state index < -0.39 is 12.1 Å². The lowest BCUT2D eigenvalue weighted by atomic mass is 9.91. The predicted molar refractivity (Wildman–Crippen MR) is 87.0 cm³/mol. The van der Waals surface area contributed by atoms with E-state index in [2.05, 4.69) is 15.0 Å². The minimum atomic E-state index is -5.08. The summed E-state index contributed by atoms with van der Waals surface area (Å²) in [5.74, 6) is -0.858. The first-order chi connectivity index (χ1) is 13.2. The highest BCUT2D eigenvalue weighted by atomic mass is 19.4. The quantitative estimate of drug-likeness (QED) is 0.835. The molecule has 0 bridgehead atoms. The third-order valence-electron chi connectivity index (χ3n) is 4.68. The van der Waals surface area contributed by atoms with Crippen molar-refractivity contribution < 1.29 is 36.7 Å². The number of hydrogen-bond acceptors (Lipinski definition) is 7. The van der Waals surface area contributed by atoms with Gasteiger partial charge in [0.2, 0.25) is 0 Å². The molecule has 2 aromatic rings. The van der Waals surface area contributed by atoms with Crippen LogP contribution in [-0.2, 0) is 16.1 Å². The Balaban J connectivity index is 0.000000279. The summed E-state index contributed by atoms with van der Waals surface area (Å²) in [6.07, 6.45) is 0.837. The van der Waals surface area contributed by atoms with Gasteiger partial charge in [-0.3, -0.25) is 4.90 Å². The zero-order valence-corrected chi connectivity index (χ0v) is 15.1. The van der Waals surface area contributed by atoms with Crippen molar-refractivity contribution in [3.63, 3.8) is 0 Å². The van der Waals surface area contributed by atoms with Gasteiger partial charge in [0.25, 0.3) is 5.89 Å². The standard InChI is InChI=1S/C15H19N3O3.C2HF3O2/c1-10-16-15(21-17-10)13-6-12-2-4-18(8-14(12)20-13)7-11-3-5-19-9-11;3-2(4,5)1(6)7/h3,5,9,12-14H,2,4,6-8H2,1H3;(H,6,7)/t12-,13+,14+;/m0./s1. The van der Waals surface area contributed by atoms with Crippen LogP contribution in [0.4, 0.5) is 13.2 Å². The van der Waals surface area contributed by atoms with Crippen LogP contribution in [0.5, 0.6) is 0 Å². The average Bonchev–Trinajstić information content (AvgIpc) is 3.34. The maximum Gasteiger partial charge on any atom is 0.490 e. The van der Waals surface area contributed by atoms with Crippen molar-refractivity contribution in [3.05, 3.63) is 35.9 Å². The van der Waals surface area contributed by atoms with Gasteiger partial charge >= 0.3 is 12.1 Å². The largest absolute Gasteiger partial charge is 0.490 e. The second-order valence-electron chi connectivity index (χ2n) is 6.80. The Bertz CT molecular complexity index is 777. The smallest absolute Gasteiger partial charge is 0.475 e. The van der Waals surface area contributed by atoms with Gasteiger partial charge in [0.05, 0.1) is 18.6 Å². The number of nitrogens with zero attached hydrogens (tertiary/aromatic N) is 3. The third kappa shape index (κ3) is 5.10. The number of aromatic nitrogens is 2. The summed E-state index contributed by atoms with van der Waals surface area (Å²) >= 11 is 0. The molecule has 0 aliphatic carbocycles. The number of hydrogen-bond donors (Lipinski definition) is 1. The second-order valence-corrected chi connectivity index (χ2v) is 6.80. The number of carboxylic acids is 1. The molecule has 0 radical (unpaired) electrons. The van der Waals surface area contributed by atoms with Gasteiger partial charge in [0.15, 0.2) is 5.82 Å². The van der Waals surface area contributed by atoms with E-state index in [4.69, 9.17) is 23.6 Å². The first kappa shape index (κ1) is 20.3. The van der Waals surface area contributed by atoms with Crippen LogP contribution in [0.3, 0.4) is 0 Å². The monoisotopic (exact) mass is 403 g/mol. The molecule has 154 valence electrons.